The number of anilines is 1. The van der Waals surface area contributed by atoms with Crippen LogP contribution in [0.4, 0.5) is 5.69 Å². The van der Waals surface area contributed by atoms with Gasteiger partial charge in [-0.15, -0.1) is 0 Å². The van der Waals surface area contributed by atoms with Gasteiger partial charge in [-0.05, 0) is 43.1 Å². The van der Waals surface area contributed by atoms with Gasteiger partial charge >= 0.3 is 0 Å². The van der Waals surface area contributed by atoms with Crippen molar-refractivity contribution in [3.8, 4) is 11.4 Å². The highest BCUT2D eigenvalue weighted by molar-refractivity contribution is 8.00. The first-order valence-electron chi connectivity index (χ1n) is 7.14. The van der Waals surface area contributed by atoms with E-state index in [9.17, 15) is 0 Å². The van der Waals surface area contributed by atoms with Crippen LogP contribution in [0.5, 0.6) is 5.75 Å². The molecule has 0 aliphatic heterocycles. The number of ether oxygens (including phenoxy) is 1. The van der Waals surface area contributed by atoms with Gasteiger partial charge in [0.2, 0.25) is 0 Å². The zero-order valence-electron chi connectivity index (χ0n) is 13.1. The van der Waals surface area contributed by atoms with E-state index in [1.165, 1.54) is 11.9 Å². The molecule has 1 N–H and O–H groups in total. The van der Waals surface area contributed by atoms with Gasteiger partial charge < -0.3 is 14.0 Å². The van der Waals surface area contributed by atoms with Crippen LogP contribution in [0.25, 0.3) is 5.69 Å². The number of aromatic nitrogens is 2. The number of halogens is 2. The Morgan fingerprint density at radius 2 is 2.04 bits per heavy atom. The van der Waals surface area contributed by atoms with Crippen LogP contribution in [-0.2, 0) is 0 Å². The fourth-order valence-corrected chi connectivity index (χ4v) is 3.36. The summed E-state index contributed by atoms with van der Waals surface area (Å²) in [5, 5.41) is 1.07. The molecule has 1 heterocycles. The summed E-state index contributed by atoms with van der Waals surface area (Å²) in [6.07, 6.45) is 3.71. The Bertz CT molecular complexity index is 867. The van der Waals surface area contributed by atoms with Crippen molar-refractivity contribution in [2.75, 3.05) is 11.8 Å². The molecule has 0 aliphatic rings. The van der Waals surface area contributed by atoms with E-state index in [2.05, 4.69) is 9.71 Å². The molecule has 2 aromatic carbocycles. The van der Waals surface area contributed by atoms with Crippen molar-refractivity contribution in [3.05, 3.63) is 64.7 Å². The van der Waals surface area contributed by atoms with Crippen molar-refractivity contribution in [1.29, 1.82) is 0 Å². The Hall–Kier alpha value is -1.82. The number of aryl methyl sites for hydroxylation is 1. The molecule has 0 spiro atoms. The number of nitrogens with one attached hydrogen (secondary N) is 1. The fraction of sp³-hybridized carbons (Fsp3) is 0.118. The molecule has 0 amide bonds. The third-order valence-corrected chi connectivity index (χ3v) is 5.19. The number of hydrogen-bond acceptors (Lipinski definition) is 4. The zero-order chi connectivity index (χ0) is 17.1. The SMILES string of the molecule is COc1cc(NSc2cccc(Cl)c2Cl)ccc1-n1cnc(C)c1. The minimum absolute atomic E-state index is 0.534. The highest BCUT2D eigenvalue weighted by Crippen LogP contribution is 2.34. The summed E-state index contributed by atoms with van der Waals surface area (Å²) in [6.45, 7) is 1.95. The van der Waals surface area contributed by atoms with Crippen LogP contribution in [0.1, 0.15) is 5.69 Å². The summed E-state index contributed by atoms with van der Waals surface area (Å²) >= 11 is 13.6. The van der Waals surface area contributed by atoms with Crippen LogP contribution in [0, 0.1) is 6.92 Å². The molecule has 0 saturated heterocycles. The summed E-state index contributed by atoms with van der Waals surface area (Å²) in [4.78, 5) is 5.10. The fourth-order valence-electron chi connectivity index (χ4n) is 2.18. The third kappa shape index (κ3) is 3.64. The Morgan fingerprint density at radius 3 is 2.75 bits per heavy atom. The first-order valence-corrected chi connectivity index (χ1v) is 8.71. The van der Waals surface area contributed by atoms with E-state index in [1.807, 2.05) is 48.0 Å². The van der Waals surface area contributed by atoms with Gasteiger partial charge in [-0.1, -0.05) is 29.3 Å². The lowest BCUT2D eigenvalue weighted by molar-refractivity contribution is 0.413. The van der Waals surface area contributed by atoms with E-state index < -0.39 is 0 Å². The average Bonchev–Trinajstić information content (AvgIpc) is 3.02. The topological polar surface area (TPSA) is 39.1 Å². The van der Waals surface area contributed by atoms with Gasteiger partial charge in [0, 0.05) is 22.8 Å². The molecule has 3 aromatic rings. The molecule has 4 nitrogen and oxygen atoms in total. The van der Waals surface area contributed by atoms with Crippen LogP contribution >= 0.6 is 35.1 Å². The lowest BCUT2D eigenvalue weighted by Gasteiger charge is -2.12. The number of imidazole rings is 1. The quantitative estimate of drug-likeness (QED) is 0.584. The molecule has 0 saturated carbocycles. The zero-order valence-corrected chi connectivity index (χ0v) is 15.4. The van der Waals surface area contributed by atoms with Crippen molar-refractivity contribution >= 4 is 40.8 Å². The first kappa shape index (κ1) is 17.0. The van der Waals surface area contributed by atoms with E-state index in [4.69, 9.17) is 27.9 Å². The van der Waals surface area contributed by atoms with Crippen molar-refractivity contribution in [2.45, 2.75) is 11.8 Å². The van der Waals surface area contributed by atoms with E-state index in [-0.39, 0.29) is 0 Å². The Morgan fingerprint density at radius 1 is 1.21 bits per heavy atom. The van der Waals surface area contributed by atoms with Gasteiger partial charge in [0.1, 0.15) is 5.75 Å². The summed E-state index contributed by atoms with van der Waals surface area (Å²) in [5.74, 6) is 0.746. The van der Waals surface area contributed by atoms with Gasteiger partial charge in [-0.2, -0.15) is 0 Å². The smallest absolute Gasteiger partial charge is 0.144 e. The Labute approximate surface area is 154 Å². The molecule has 0 fully saturated rings. The van der Waals surface area contributed by atoms with Crippen LogP contribution in [0.3, 0.4) is 0 Å². The Kier molecular flexibility index (Phi) is 5.23. The lowest BCUT2D eigenvalue weighted by atomic mass is 10.2. The Balaban J connectivity index is 1.81. The first-order chi connectivity index (χ1) is 11.6. The molecule has 1 aromatic heterocycles. The second-order valence-electron chi connectivity index (χ2n) is 5.07. The summed E-state index contributed by atoms with van der Waals surface area (Å²) < 4.78 is 10.7. The molecule has 7 heteroatoms. The maximum Gasteiger partial charge on any atom is 0.144 e. The van der Waals surface area contributed by atoms with Gasteiger partial charge in [-0.3, -0.25) is 0 Å². The molecule has 0 unspecified atom stereocenters. The van der Waals surface area contributed by atoms with Crippen LogP contribution in [0.15, 0.2) is 53.8 Å². The number of benzene rings is 2. The molecule has 0 radical (unpaired) electrons. The van der Waals surface area contributed by atoms with Crippen molar-refractivity contribution in [3.63, 3.8) is 0 Å². The van der Waals surface area contributed by atoms with Crippen molar-refractivity contribution < 1.29 is 4.74 Å². The molecule has 0 atom stereocenters. The van der Waals surface area contributed by atoms with Gasteiger partial charge in [0.25, 0.3) is 0 Å². The molecule has 3 rings (SSSR count). The summed E-state index contributed by atoms with van der Waals surface area (Å²) in [6, 6.07) is 11.4. The standard InChI is InChI=1S/C17H15Cl2N3OS/c1-11-9-22(10-20-11)14-7-6-12(8-15(14)23-2)21-24-16-5-3-4-13(18)17(16)19/h3-10,21H,1-2H3. The molecule has 0 bridgehead atoms. The third-order valence-electron chi connectivity index (χ3n) is 3.36. The van der Waals surface area contributed by atoms with Crippen LogP contribution in [0.2, 0.25) is 10.0 Å². The summed E-state index contributed by atoms with van der Waals surface area (Å²) in [5.41, 5.74) is 2.77. The second-order valence-corrected chi connectivity index (χ2v) is 6.70. The van der Waals surface area contributed by atoms with Gasteiger partial charge in [-0.25, -0.2) is 4.98 Å². The highest BCUT2D eigenvalue weighted by atomic mass is 35.5. The predicted octanol–water partition coefficient (Wildman–Crippen LogP) is 5.62. The highest BCUT2D eigenvalue weighted by Gasteiger charge is 2.09. The predicted molar refractivity (Wildman–Crippen MR) is 101 cm³/mol. The lowest BCUT2D eigenvalue weighted by Crippen LogP contribution is -1.97. The number of rotatable bonds is 5. The van der Waals surface area contributed by atoms with Crippen LogP contribution in [-0.4, -0.2) is 16.7 Å². The number of nitrogens with zero attached hydrogens (tertiary/aromatic N) is 2. The van der Waals surface area contributed by atoms with E-state index in [1.54, 1.807) is 19.5 Å². The van der Waals surface area contributed by atoms with Gasteiger partial charge in [0.05, 0.1) is 34.9 Å². The summed E-state index contributed by atoms with van der Waals surface area (Å²) in [7, 11) is 1.65. The van der Waals surface area contributed by atoms with E-state index in [0.29, 0.717) is 10.0 Å². The molecular formula is C17H15Cl2N3OS. The maximum atomic E-state index is 6.20. The molecule has 124 valence electrons. The largest absolute Gasteiger partial charge is 0.494 e. The van der Waals surface area contributed by atoms with Gasteiger partial charge in [0.15, 0.2) is 0 Å². The minimum Gasteiger partial charge on any atom is -0.494 e. The van der Waals surface area contributed by atoms with Crippen molar-refractivity contribution in [2.24, 2.45) is 0 Å². The number of hydrogen-bond donors (Lipinski definition) is 1. The van der Waals surface area contributed by atoms with E-state index in [0.717, 1.165) is 27.7 Å². The van der Waals surface area contributed by atoms with E-state index >= 15 is 0 Å². The monoisotopic (exact) mass is 379 g/mol. The number of methoxy groups -OCH3 is 1. The molecule has 0 aliphatic carbocycles. The maximum absolute atomic E-state index is 6.20. The minimum atomic E-state index is 0.534. The molecule has 24 heavy (non-hydrogen) atoms. The average molecular weight is 380 g/mol. The van der Waals surface area contributed by atoms with Crippen LogP contribution < -0.4 is 9.46 Å². The second kappa shape index (κ2) is 7.38. The normalized spacial score (nSPS) is 10.7. The molecular weight excluding hydrogens is 365 g/mol. The van der Waals surface area contributed by atoms with Crippen molar-refractivity contribution in [1.82, 2.24) is 9.55 Å².